The lowest BCUT2D eigenvalue weighted by Gasteiger charge is -1.93. The van der Waals surface area contributed by atoms with Gasteiger partial charge in [0.15, 0.2) is 0 Å². The first kappa shape index (κ1) is 4.98. The van der Waals surface area contributed by atoms with Crippen LogP contribution in [-0.2, 0) is 0 Å². The van der Waals surface area contributed by atoms with Gasteiger partial charge in [0.05, 0.1) is 0 Å². The minimum Gasteiger partial charge on any atom is -0.154 e. The van der Waals surface area contributed by atoms with Gasteiger partial charge < -0.3 is 0 Å². The van der Waals surface area contributed by atoms with Crippen molar-refractivity contribution in [2.24, 2.45) is 0 Å². The molecular formula is C6H8S. The third-order valence-corrected chi connectivity index (χ3v) is 1.84. The SMILES string of the molecule is CSC1C=CC=C1. The third kappa shape index (κ3) is 1.10. The maximum absolute atomic E-state index is 2.19. The van der Waals surface area contributed by atoms with Crippen molar-refractivity contribution < 1.29 is 0 Å². The maximum atomic E-state index is 2.19. The van der Waals surface area contributed by atoms with E-state index in [1.807, 2.05) is 11.8 Å². The van der Waals surface area contributed by atoms with Crippen molar-refractivity contribution in [2.45, 2.75) is 5.25 Å². The molecule has 0 spiro atoms. The van der Waals surface area contributed by atoms with Crippen LogP contribution in [0, 0.1) is 0 Å². The van der Waals surface area contributed by atoms with Crippen LogP contribution in [0.5, 0.6) is 0 Å². The van der Waals surface area contributed by atoms with Crippen LogP contribution < -0.4 is 0 Å². The summed E-state index contributed by atoms with van der Waals surface area (Å²) in [6, 6.07) is 0. The van der Waals surface area contributed by atoms with Crippen LogP contribution in [0.1, 0.15) is 0 Å². The van der Waals surface area contributed by atoms with Crippen LogP contribution in [-0.4, -0.2) is 11.5 Å². The first-order valence-corrected chi connectivity index (χ1v) is 3.60. The topological polar surface area (TPSA) is 0 Å². The van der Waals surface area contributed by atoms with Crippen LogP contribution in [0.4, 0.5) is 0 Å². The standard InChI is InChI=1S/C6H8S/c1-7-6-4-2-3-5-6/h2-6H,1H3. The van der Waals surface area contributed by atoms with Gasteiger partial charge in [0.25, 0.3) is 0 Å². The van der Waals surface area contributed by atoms with E-state index >= 15 is 0 Å². The normalized spacial score (nSPS) is 19.0. The molecular weight excluding hydrogens is 104 g/mol. The van der Waals surface area contributed by atoms with E-state index in [2.05, 4.69) is 30.6 Å². The molecule has 38 valence electrons. The molecule has 0 saturated carbocycles. The first-order chi connectivity index (χ1) is 3.43. The monoisotopic (exact) mass is 112 g/mol. The zero-order chi connectivity index (χ0) is 5.11. The number of hydrogen-bond acceptors (Lipinski definition) is 1. The Labute approximate surface area is 48.3 Å². The van der Waals surface area contributed by atoms with Gasteiger partial charge in [-0.1, -0.05) is 24.3 Å². The molecule has 0 heterocycles. The van der Waals surface area contributed by atoms with E-state index in [0.717, 1.165) is 0 Å². The molecule has 0 unspecified atom stereocenters. The second-order valence-electron chi connectivity index (χ2n) is 1.47. The fourth-order valence-electron chi connectivity index (χ4n) is 0.569. The molecule has 1 aliphatic carbocycles. The lowest BCUT2D eigenvalue weighted by molar-refractivity contribution is 1.48. The van der Waals surface area contributed by atoms with E-state index < -0.39 is 0 Å². The van der Waals surface area contributed by atoms with E-state index in [1.165, 1.54) is 0 Å². The van der Waals surface area contributed by atoms with Crippen LogP contribution in [0.3, 0.4) is 0 Å². The fourth-order valence-corrected chi connectivity index (χ4v) is 1.06. The third-order valence-electron chi connectivity index (χ3n) is 0.985. The highest BCUT2D eigenvalue weighted by Crippen LogP contribution is 2.13. The summed E-state index contributed by atoms with van der Waals surface area (Å²) >= 11 is 1.86. The van der Waals surface area contributed by atoms with Gasteiger partial charge in [0.2, 0.25) is 0 Å². The zero-order valence-electron chi connectivity index (χ0n) is 4.29. The Hall–Kier alpha value is -0.170. The summed E-state index contributed by atoms with van der Waals surface area (Å²) in [5.74, 6) is 0. The molecule has 0 aliphatic heterocycles. The van der Waals surface area contributed by atoms with Crippen LogP contribution in [0.15, 0.2) is 24.3 Å². The Kier molecular flexibility index (Phi) is 1.58. The molecule has 0 N–H and O–H groups in total. The van der Waals surface area contributed by atoms with Crippen molar-refractivity contribution in [3.63, 3.8) is 0 Å². The molecule has 0 bridgehead atoms. The van der Waals surface area contributed by atoms with Crippen LogP contribution >= 0.6 is 11.8 Å². The average Bonchev–Trinajstić information content (AvgIpc) is 2.14. The lowest BCUT2D eigenvalue weighted by atomic mass is 10.5. The average molecular weight is 112 g/mol. The minimum absolute atomic E-state index is 0.653. The molecule has 0 saturated heterocycles. The molecule has 1 rings (SSSR count). The summed E-state index contributed by atoms with van der Waals surface area (Å²) < 4.78 is 0. The van der Waals surface area contributed by atoms with E-state index in [9.17, 15) is 0 Å². The molecule has 1 heteroatoms. The molecule has 1 aliphatic rings. The van der Waals surface area contributed by atoms with Crippen molar-refractivity contribution in [2.75, 3.05) is 6.26 Å². The summed E-state index contributed by atoms with van der Waals surface area (Å²) in [7, 11) is 0. The summed E-state index contributed by atoms with van der Waals surface area (Å²) in [5.41, 5.74) is 0. The highest BCUT2D eigenvalue weighted by atomic mass is 32.2. The largest absolute Gasteiger partial charge is 0.154 e. The smallest absolute Gasteiger partial charge is 0.0410 e. The second kappa shape index (κ2) is 2.22. The van der Waals surface area contributed by atoms with E-state index in [4.69, 9.17) is 0 Å². The number of allylic oxidation sites excluding steroid dienone is 2. The van der Waals surface area contributed by atoms with Gasteiger partial charge in [-0.15, -0.1) is 0 Å². The Morgan fingerprint density at radius 1 is 1.29 bits per heavy atom. The predicted molar refractivity (Wildman–Crippen MR) is 35.6 cm³/mol. The van der Waals surface area contributed by atoms with Crippen molar-refractivity contribution in [1.29, 1.82) is 0 Å². The summed E-state index contributed by atoms with van der Waals surface area (Å²) in [5, 5.41) is 0.653. The molecule has 7 heavy (non-hydrogen) atoms. The predicted octanol–water partition coefficient (Wildman–Crippen LogP) is 1.84. The van der Waals surface area contributed by atoms with Gasteiger partial charge in [0, 0.05) is 5.25 Å². The van der Waals surface area contributed by atoms with Crippen molar-refractivity contribution in [3.8, 4) is 0 Å². The van der Waals surface area contributed by atoms with Gasteiger partial charge in [0.1, 0.15) is 0 Å². The first-order valence-electron chi connectivity index (χ1n) is 2.31. The summed E-state index contributed by atoms with van der Waals surface area (Å²) in [4.78, 5) is 0. The molecule has 0 fully saturated rings. The molecule has 0 aromatic rings. The van der Waals surface area contributed by atoms with Gasteiger partial charge in [-0.2, -0.15) is 11.8 Å². The molecule has 0 atom stereocenters. The molecule has 0 nitrogen and oxygen atoms in total. The molecule has 0 aromatic heterocycles. The second-order valence-corrected chi connectivity index (χ2v) is 2.49. The number of rotatable bonds is 1. The Bertz CT molecular complexity index is 90.7. The van der Waals surface area contributed by atoms with Gasteiger partial charge >= 0.3 is 0 Å². The molecule has 0 aromatic carbocycles. The van der Waals surface area contributed by atoms with Gasteiger partial charge in [-0.25, -0.2) is 0 Å². The number of thioether (sulfide) groups is 1. The quantitative estimate of drug-likeness (QED) is 0.499. The Balaban J connectivity index is 2.44. The van der Waals surface area contributed by atoms with Crippen LogP contribution in [0.25, 0.3) is 0 Å². The van der Waals surface area contributed by atoms with E-state index in [0.29, 0.717) is 5.25 Å². The lowest BCUT2D eigenvalue weighted by Crippen LogP contribution is -1.84. The van der Waals surface area contributed by atoms with Gasteiger partial charge in [-0.05, 0) is 6.26 Å². The highest BCUT2D eigenvalue weighted by molar-refractivity contribution is 7.99. The Morgan fingerprint density at radius 3 is 2.14 bits per heavy atom. The summed E-state index contributed by atoms with van der Waals surface area (Å²) in [6.07, 6.45) is 10.7. The van der Waals surface area contributed by atoms with E-state index in [1.54, 1.807) is 0 Å². The van der Waals surface area contributed by atoms with Gasteiger partial charge in [-0.3, -0.25) is 0 Å². The zero-order valence-corrected chi connectivity index (χ0v) is 5.11. The van der Waals surface area contributed by atoms with E-state index in [-0.39, 0.29) is 0 Å². The molecule has 0 radical (unpaired) electrons. The van der Waals surface area contributed by atoms with Crippen molar-refractivity contribution in [1.82, 2.24) is 0 Å². The maximum Gasteiger partial charge on any atom is 0.0410 e. The fraction of sp³-hybridized carbons (Fsp3) is 0.333. The highest BCUT2D eigenvalue weighted by Gasteiger charge is 1.96. The minimum atomic E-state index is 0.653. The van der Waals surface area contributed by atoms with Crippen LogP contribution in [0.2, 0.25) is 0 Å². The number of hydrogen-bond donors (Lipinski definition) is 0. The summed E-state index contributed by atoms with van der Waals surface area (Å²) in [6.45, 7) is 0. The van der Waals surface area contributed by atoms with Crippen molar-refractivity contribution >= 4 is 11.8 Å². The molecule has 0 amide bonds. The Morgan fingerprint density at radius 2 is 1.86 bits per heavy atom. The van der Waals surface area contributed by atoms with Crippen molar-refractivity contribution in [3.05, 3.63) is 24.3 Å².